The van der Waals surface area contributed by atoms with Crippen molar-refractivity contribution < 1.29 is 4.74 Å². The maximum atomic E-state index is 5.43. The van der Waals surface area contributed by atoms with E-state index in [0.29, 0.717) is 0 Å². The number of hydrogen-bond acceptors (Lipinski definition) is 3. The predicted molar refractivity (Wildman–Crippen MR) is 52.9 cm³/mol. The molecule has 0 bridgehead atoms. The van der Waals surface area contributed by atoms with Crippen LogP contribution < -0.4 is 5.32 Å². The molecule has 1 N–H and O–H groups in total. The van der Waals surface area contributed by atoms with Crippen LogP contribution in [0.4, 0.5) is 0 Å². The summed E-state index contributed by atoms with van der Waals surface area (Å²) in [5, 5.41) is 3.42. The van der Waals surface area contributed by atoms with Gasteiger partial charge in [0, 0.05) is 26.2 Å². The van der Waals surface area contributed by atoms with E-state index in [4.69, 9.17) is 4.74 Å². The molecule has 2 fully saturated rings. The van der Waals surface area contributed by atoms with Gasteiger partial charge in [0.2, 0.25) is 0 Å². The van der Waals surface area contributed by atoms with Crippen molar-refractivity contribution in [3.8, 4) is 0 Å². The first-order valence-corrected chi connectivity index (χ1v) is 5.46. The van der Waals surface area contributed by atoms with Crippen molar-refractivity contribution in [2.75, 3.05) is 45.9 Å². The molecule has 2 aliphatic heterocycles. The standard InChI is InChI=1S/C10H20N2O/c1-4-12(5-7-13-6-1)9-10-2-3-11-8-10/h10-11H,1-9H2. The van der Waals surface area contributed by atoms with Crippen LogP contribution in [-0.4, -0.2) is 50.8 Å². The zero-order valence-electron chi connectivity index (χ0n) is 8.30. The number of nitrogens with zero attached hydrogens (tertiary/aromatic N) is 1. The van der Waals surface area contributed by atoms with Crippen molar-refractivity contribution in [1.29, 1.82) is 0 Å². The van der Waals surface area contributed by atoms with E-state index in [1.54, 1.807) is 0 Å². The molecule has 1 unspecified atom stereocenters. The molecule has 0 aromatic heterocycles. The highest BCUT2D eigenvalue weighted by molar-refractivity contribution is 4.75. The number of rotatable bonds is 2. The summed E-state index contributed by atoms with van der Waals surface area (Å²) in [6.45, 7) is 7.97. The fourth-order valence-corrected chi connectivity index (χ4v) is 2.22. The average Bonchev–Trinajstić information content (AvgIpc) is 2.49. The van der Waals surface area contributed by atoms with Gasteiger partial charge in [0.25, 0.3) is 0 Å². The van der Waals surface area contributed by atoms with Crippen molar-refractivity contribution in [3.63, 3.8) is 0 Å². The summed E-state index contributed by atoms with van der Waals surface area (Å²) in [6.07, 6.45) is 2.57. The molecule has 13 heavy (non-hydrogen) atoms. The van der Waals surface area contributed by atoms with Gasteiger partial charge in [-0.05, 0) is 31.8 Å². The predicted octanol–water partition coefficient (Wildman–Crippen LogP) is 0.318. The lowest BCUT2D eigenvalue weighted by atomic mass is 10.1. The van der Waals surface area contributed by atoms with Gasteiger partial charge in [-0.25, -0.2) is 0 Å². The molecular weight excluding hydrogens is 164 g/mol. The highest BCUT2D eigenvalue weighted by atomic mass is 16.5. The van der Waals surface area contributed by atoms with Crippen LogP contribution in [0.2, 0.25) is 0 Å². The molecule has 0 spiro atoms. The summed E-state index contributed by atoms with van der Waals surface area (Å²) < 4.78 is 5.43. The molecule has 76 valence electrons. The van der Waals surface area contributed by atoms with Crippen LogP contribution in [0, 0.1) is 5.92 Å². The van der Waals surface area contributed by atoms with E-state index in [2.05, 4.69) is 10.2 Å². The zero-order valence-corrected chi connectivity index (χ0v) is 8.30. The third-order valence-electron chi connectivity index (χ3n) is 2.99. The van der Waals surface area contributed by atoms with Crippen molar-refractivity contribution in [2.24, 2.45) is 5.92 Å². The fraction of sp³-hybridized carbons (Fsp3) is 1.00. The molecule has 0 saturated carbocycles. The van der Waals surface area contributed by atoms with Gasteiger partial charge in [-0.2, -0.15) is 0 Å². The van der Waals surface area contributed by atoms with Crippen LogP contribution in [0.5, 0.6) is 0 Å². The Hall–Kier alpha value is -0.120. The number of hydrogen-bond donors (Lipinski definition) is 1. The van der Waals surface area contributed by atoms with Gasteiger partial charge in [0.15, 0.2) is 0 Å². The fourth-order valence-electron chi connectivity index (χ4n) is 2.22. The van der Waals surface area contributed by atoms with Gasteiger partial charge < -0.3 is 15.0 Å². The van der Waals surface area contributed by atoms with Crippen LogP contribution in [0.3, 0.4) is 0 Å². The third-order valence-corrected chi connectivity index (χ3v) is 2.99. The second-order valence-corrected chi connectivity index (χ2v) is 4.13. The van der Waals surface area contributed by atoms with E-state index in [1.807, 2.05) is 0 Å². The maximum absolute atomic E-state index is 5.43. The Morgan fingerprint density at radius 3 is 3.15 bits per heavy atom. The Labute approximate surface area is 80.4 Å². The van der Waals surface area contributed by atoms with E-state index < -0.39 is 0 Å². The first kappa shape index (κ1) is 9.44. The molecule has 0 aliphatic carbocycles. The Kier molecular flexibility index (Phi) is 3.58. The molecule has 2 saturated heterocycles. The van der Waals surface area contributed by atoms with Crippen LogP contribution in [0.1, 0.15) is 12.8 Å². The lowest BCUT2D eigenvalue weighted by Crippen LogP contribution is -2.32. The summed E-state index contributed by atoms with van der Waals surface area (Å²) in [5.41, 5.74) is 0. The smallest absolute Gasteiger partial charge is 0.0593 e. The largest absolute Gasteiger partial charge is 0.380 e. The normalized spacial score (nSPS) is 31.8. The van der Waals surface area contributed by atoms with Gasteiger partial charge >= 0.3 is 0 Å². The van der Waals surface area contributed by atoms with Gasteiger partial charge in [-0.15, -0.1) is 0 Å². The monoisotopic (exact) mass is 184 g/mol. The first-order valence-electron chi connectivity index (χ1n) is 5.46. The summed E-state index contributed by atoms with van der Waals surface area (Å²) in [4.78, 5) is 2.56. The Balaban J connectivity index is 1.71. The molecule has 2 rings (SSSR count). The van der Waals surface area contributed by atoms with E-state index in [1.165, 1.54) is 39.0 Å². The third kappa shape index (κ3) is 2.93. The SMILES string of the molecule is C1COCCN(CC2CCNC2)C1. The van der Waals surface area contributed by atoms with Crippen LogP contribution in [0.25, 0.3) is 0 Å². The van der Waals surface area contributed by atoms with Crippen molar-refractivity contribution in [3.05, 3.63) is 0 Å². The summed E-state index contributed by atoms with van der Waals surface area (Å²) in [5.74, 6) is 0.887. The lowest BCUT2D eigenvalue weighted by molar-refractivity contribution is 0.139. The van der Waals surface area contributed by atoms with Gasteiger partial charge in [0.05, 0.1) is 6.61 Å². The van der Waals surface area contributed by atoms with Crippen LogP contribution in [0.15, 0.2) is 0 Å². The Bertz CT molecular complexity index is 138. The average molecular weight is 184 g/mol. The molecule has 0 aromatic rings. The van der Waals surface area contributed by atoms with Crippen molar-refractivity contribution in [2.45, 2.75) is 12.8 Å². The number of nitrogens with one attached hydrogen (secondary N) is 1. The van der Waals surface area contributed by atoms with E-state index >= 15 is 0 Å². The van der Waals surface area contributed by atoms with E-state index in [-0.39, 0.29) is 0 Å². The van der Waals surface area contributed by atoms with Gasteiger partial charge in [-0.3, -0.25) is 0 Å². The quantitative estimate of drug-likeness (QED) is 0.669. The van der Waals surface area contributed by atoms with Gasteiger partial charge in [0.1, 0.15) is 0 Å². The first-order chi connectivity index (χ1) is 6.45. The van der Waals surface area contributed by atoms with Crippen molar-refractivity contribution in [1.82, 2.24) is 10.2 Å². The lowest BCUT2D eigenvalue weighted by Gasteiger charge is -2.22. The molecule has 2 aliphatic rings. The highest BCUT2D eigenvalue weighted by Gasteiger charge is 2.18. The minimum atomic E-state index is 0.887. The van der Waals surface area contributed by atoms with Crippen LogP contribution >= 0.6 is 0 Å². The second kappa shape index (κ2) is 4.94. The molecule has 2 heterocycles. The molecule has 3 nitrogen and oxygen atoms in total. The Morgan fingerprint density at radius 1 is 1.31 bits per heavy atom. The van der Waals surface area contributed by atoms with E-state index in [0.717, 1.165) is 25.7 Å². The highest BCUT2D eigenvalue weighted by Crippen LogP contribution is 2.10. The topological polar surface area (TPSA) is 24.5 Å². The number of ether oxygens (including phenoxy) is 1. The summed E-state index contributed by atoms with van der Waals surface area (Å²) in [6, 6.07) is 0. The van der Waals surface area contributed by atoms with Crippen molar-refractivity contribution >= 4 is 0 Å². The van der Waals surface area contributed by atoms with Crippen LogP contribution in [-0.2, 0) is 4.74 Å². The Morgan fingerprint density at radius 2 is 2.31 bits per heavy atom. The molecule has 1 atom stereocenters. The molecule has 0 amide bonds. The summed E-state index contributed by atoms with van der Waals surface area (Å²) in [7, 11) is 0. The molecule has 3 heteroatoms. The van der Waals surface area contributed by atoms with E-state index in [9.17, 15) is 0 Å². The molecule has 0 aromatic carbocycles. The van der Waals surface area contributed by atoms with Gasteiger partial charge in [-0.1, -0.05) is 0 Å². The minimum Gasteiger partial charge on any atom is -0.380 e. The summed E-state index contributed by atoms with van der Waals surface area (Å²) >= 11 is 0. The molecular formula is C10H20N2O. The second-order valence-electron chi connectivity index (χ2n) is 4.13. The minimum absolute atomic E-state index is 0.887. The maximum Gasteiger partial charge on any atom is 0.0593 e. The molecule has 0 radical (unpaired) electrons. The zero-order chi connectivity index (χ0) is 8.93.